The van der Waals surface area contributed by atoms with Crippen molar-refractivity contribution in [2.75, 3.05) is 31.1 Å². The van der Waals surface area contributed by atoms with Gasteiger partial charge in [0.05, 0.1) is 15.9 Å². The lowest BCUT2D eigenvalue weighted by Gasteiger charge is -2.35. The number of aromatic nitrogens is 3. The molecule has 0 spiro atoms. The van der Waals surface area contributed by atoms with Gasteiger partial charge in [-0.15, -0.1) is 11.3 Å². The first-order valence-corrected chi connectivity index (χ1v) is 8.67. The Morgan fingerprint density at radius 2 is 2.00 bits per heavy atom. The molecule has 0 amide bonds. The second kappa shape index (κ2) is 5.90. The number of thiophene rings is 1. The Morgan fingerprint density at radius 1 is 1.17 bits per heavy atom. The van der Waals surface area contributed by atoms with E-state index in [-0.39, 0.29) is 0 Å². The van der Waals surface area contributed by atoms with Gasteiger partial charge in [0.25, 0.3) is 0 Å². The van der Waals surface area contributed by atoms with Gasteiger partial charge in [0.2, 0.25) is 0 Å². The minimum atomic E-state index is 0.910. The molecule has 0 unspecified atom stereocenters. The Hall–Kier alpha value is -1.99. The monoisotopic (exact) mass is 329 g/mol. The highest BCUT2D eigenvalue weighted by molar-refractivity contribution is 7.17. The first-order valence-electron chi connectivity index (χ1n) is 7.79. The average molecular weight is 329 g/mol. The van der Waals surface area contributed by atoms with Crippen molar-refractivity contribution in [3.05, 3.63) is 34.8 Å². The summed E-state index contributed by atoms with van der Waals surface area (Å²) in [6.07, 6.45) is 1.67. The molecule has 0 radical (unpaired) electrons. The maximum atomic E-state index is 5.26. The Bertz CT molecular complexity index is 799. The predicted octanol–water partition coefficient (Wildman–Crippen LogP) is 2.62. The lowest BCUT2D eigenvalue weighted by molar-refractivity contribution is 0.247. The molecule has 4 rings (SSSR count). The Balaban J connectivity index is 1.46. The highest BCUT2D eigenvalue weighted by Gasteiger charge is 2.22. The molecule has 3 aromatic heterocycles. The van der Waals surface area contributed by atoms with E-state index < -0.39 is 0 Å². The van der Waals surface area contributed by atoms with Crippen LogP contribution in [-0.2, 0) is 6.54 Å². The smallest absolute Gasteiger partial charge is 0.150 e. The van der Waals surface area contributed by atoms with Crippen molar-refractivity contribution in [3.63, 3.8) is 0 Å². The van der Waals surface area contributed by atoms with Crippen LogP contribution in [0.2, 0.25) is 0 Å². The fourth-order valence-electron chi connectivity index (χ4n) is 3.07. The summed E-state index contributed by atoms with van der Waals surface area (Å²) in [5.41, 5.74) is 3.26. The van der Waals surface area contributed by atoms with Crippen LogP contribution < -0.4 is 4.90 Å². The van der Waals surface area contributed by atoms with E-state index in [2.05, 4.69) is 36.4 Å². The minimum Gasteiger partial charge on any atom is -0.361 e. The molecule has 4 heterocycles. The second-order valence-electron chi connectivity index (χ2n) is 5.90. The molecular weight excluding hydrogens is 310 g/mol. The van der Waals surface area contributed by atoms with Gasteiger partial charge in [-0.05, 0) is 25.3 Å². The van der Waals surface area contributed by atoms with Crippen LogP contribution in [-0.4, -0.2) is 46.2 Å². The van der Waals surface area contributed by atoms with Gasteiger partial charge >= 0.3 is 0 Å². The van der Waals surface area contributed by atoms with E-state index in [4.69, 9.17) is 4.52 Å². The number of hydrogen-bond acceptors (Lipinski definition) is 7. The molecule has 23 heavy (non-hydrogen) atoms. The largest absolute Gasteiger partial charge is 0.361 e. The molecule has 0 aliphatic carbocycles. The van der Waals surface area contributed by atoms with Gasteiger partial charge in [-0.3, -0.25) is 4.90 Å². The summed E-state index contributed by atoms with van der Waals surface area (Å²) in [4.78, 5) is 13.7. The van der Waals surface area contributed by atoms with Gasteiger partial charge in [-0.25, -0.2) is 9.97 Å². The van der Waals surface area contributed by atoms with Crippen LogP contribution in [0.15, 0.2) is 22.3 Å². The molecule has 3 aromatic rings. The minimum absolute atomic E-state index is 0.910. The molecule has 0 atom stereocenters. The number of hydrogen-bond donors (Lipinski definition) is 0. The summed E-state index contributed by atoms with van der Waals surface area (Å²) in [6, 6.07) is 2.05. The third-order valence-corrected chi connectivity index (χ3v) is 5.36. The highest BCUT2D eigenvalue weighted by atomic mass is 32.1. The number of aryl methyl sites for hydroxylation is 2. The molecule has 0 aromatic carbocycles. The molecule has 1 saturated heterocycles. The van der Waals surface area contributed by atoms with Crippen LogP contribution >= 0.6 is 11.3 Å². The summed E-state index contributed by atoms with van der Waals surface area (Å²) in [5.74, 6) is 2.00. The summed E-state index contributed by atoms with van der Waals surface area (Å²) in [5, 5.41) is 6.12. The summed E-state index contributed by atoms with van der Waals surface area (Å²) in [6.45, 7) is 8.90. The van der Waals surface area contributed by atoms with E-state index in [0.29, 0.717) is 0 Å². The zero-order chi connectivity index (χ0) is 15.8. The summed E-state index contributed by atoms with van der Waals surface area (Å²) >= 11 is 1.72. The summed E-state index contributed by atoms with van der Waals surface area (Å²) in [7, 11) is 0. The number of piperazine rings is 1. The zero-order valence-corrected chi connectivity index (χ0v) is 14.1. The van der Waals surface area contributed by atoms with Crippen LogP contribution in [0, 0.1) is 13.8 Å². The molecule has 0 bridgehead atoms. The maximum Gasteiger partial charge on any atom is 0.150 e. The molecule has 1 aliphatic rings. The maximum absolute atomic E-state index is 5.26. The van der Waals surface area contributed by atoms with Crippen LogP contribution in [0.25, 0.3) is 10.2 Å². The number of anilines is 1. The standard InChI is InChI=1S/C16H19N5OS/c1-11-13(12(2)22-19-11)9-20-4-6-21(7-5-20)16-15-14(3-8-23-15)17-10-18-16/h3,8,10H,4-7,9H2,1-2H3. The van der Waals surface area contributed by atoms with Gasteiger partial charge < -0.3 is 9.42 Å². The molecule has 6 nitrogen and oxygen atoms in total. The van der Waals surface area contributed by atoms with Gasteiger partial charge in [-0.1, -0.05) is 5.16 Å². The fourth-order valence-corrected chi connectivity index (χ4v) is 3.93. The van der Waals surface area contributed by atoms with E-state index in [1.54, 1.807) is 17.7 Å². The van der Waals surface area contributed by atoms with Gasteiger partial charge in [0.1, 0.15) is 17.9 Å². The van der Waals surface area contributed by atoms with Crippen molar-refractivity contribution < 1.29 is 4.52 Å². The van der Waals surface area contributed by atoms with Crippen molar-refractivity contribution >= 4 is 27.4 Å². The number of nitrogens with zero attached hydrogens (tertiary/aromatic N) is 5. The van der Waals surface area contributed by atoms with Gasteiger partial charge in [0, 0.05) is 38.3 Å². The fraction of sp³-hybridized carbons (Fsp3) is 0.438. The van der Waals surface area contributed by atoms with Crippen LogP contribution in [0.5, 0.6) is 0 Å². The van der Waals surface area contributed by atoms with Crippen molar-refractivity contribution in [1.82, 2.24) is 20.0 Å². The van der Waals surface area contributed by atoms with E-state index in [1.165, 1.54) is 10.3 Å². The zero-order valence-electron chi connectivity index (χ0n) is 13.3. The third-order valence-electron chi connectivity index (χ3n) is 4.46. The van der Waals surface area contributed by atoms with Crippen molar-refractivity contribution in [1.29, 1.82) is 0 Å². The van der Waals surface area contributed by atoms with E-state index in [9.17, 15) is 0 Å². The topological polar surface area (TPSA) is 58.3 Å². The summed E-state index contributed by atoms with van der Waals surface area (Å²) < 4.78 is 6.45. The van der Waals surface area contributed by atoms with Crippen LogP contribution in [0.3, 0.4) is 0 Å². The van der Waals surface area contributed by atoms with E-state index in [1.807, 2.05) is 13.8 Å². The van der Waals surface area contributed by atoms with Crippen molar-refractivity contribution in [2.24, 2.45) is 0 Å². The number of rotatable bonds is 3. The van der Waals surface area contributed by atoms with Gasteiger partial charge in [-0.2, -0.15) is 0 Å². The van der Waals surface area contributed by atoms with Crippen molar-refractivity contribution in [2.45, 2.75) is 20.4 Å². The molecule has 0 saturated carbocycles. The van der Waals surface area contributed by atoms with Gasteiger partial charge in [0.15, 0.2) is 0 Å². The first kappa shape index (κ1) is 14.6. The molecule has 120 valence electrons. The first-order chi connectivity index (χ1) is 11.2. The number of fused-ring (bicyclic) bond motifs is 1. The molecule has 7 heteroatoms. The second-order valence-corrected chi connectivity index (χ2v) is 6.81. The SMILES string of the molecule is Cc1noc(C)c1CN1CCN(c2ncnc3ccsc23)CC1. The quantitative estimate of drug-likeness (QED) is 0.736. The normalized spacial score (nSPS) is 16.3. The molecular formula is C16H19N5OS. The molecule has 1 aliphatic heterocycles. The predicted molar refractivity (Wildman–Crippen MR) is 90.9 cm³/mol. The Morgan fingerprint density at radius 3 is 2.74 bits per heavy atom. The van der Waals surface area contributed by atoms with E-state index >= 15 is 0 Å². The molecule has 0 N–H and O–H groups in total. The lowest BCUT2D eigenvalue weighted by atomic mass is 10.2. The van der Waals surface area contributed by atoms with Crippen molar-refractivity contribution in [3.8, 4) is 0 Å². The van der Waals surface area contributed by atoms with Crippen LogP contribution in [0.4, 0.5) is 5.82 Å². The molecule has 1 fully saturated rings. The van der Waals surface area contributed by atoms with E-state index in [0.717, 1.165) is 55.5 Å². The lowest BCUT2D eigenvalue weighted by Crippen LogP contribution is -2.46. The van der Waals surface area contributed by atoms with Crippen LogP contribution in [0.1, 0.15) is 17.0 Å². The Labute approximate surface area is 138 Å². The highest BCUT2D eigenvalue weighted by Crippen LogP contribution is 2.28. The third kappa shape index (κ3) is 2.70. The Kier molecular flexibility index (Phi) is 3.74. The average Bonchev–Trinajstić information content (AvgIpc) is 3.17.